The predicted molar refractivity (Wildman–Crippen MR) is 136 cm³/mol. The summed E-state index contributed by atoms with van der Waals surface area (Å²) in [6, 6.07) is 24.5. The zero-order chi connectivity index (χ0) is 22.9. The molecule has 2 heterocycles. The van der Waals surface area contributed by atoms with E-state index in [4.69, 9.17) is 44.9 Å². The van der Waals surface area contributed by atoms with E-state index in [-0.39, 0.29) is 6.04 Å². The van der Waals surface area contributed by atoms with E-state index in [0.29, 0.717) is 26.9 Å². The van der Waals surface area contributed by atoms with Crippen molar-refractivity contribution in [1.82, 2.24) is 15.5 Å². The third-order valence-corrected chi connectivity index (χ3v) is 6.19. The van der Waals surface area contributed by atoms with Gasteiger partial charge in [-0.1, -0.05) is 76.9 Å². The number of hydrogen-bond acceptors (Lipinski definition) is 4. The van der Waals surface area contributed by atoms with Crippen molar-refractivity contribution in [3.63, 3.8) is 0 Å². The molecule has 1 N–H and O–H groups in total. The summed E-state index contributed by atoms with van der Waals surface area (Å²) in [5, 5.41) is 9.43. The lowest BCUT2D eigenvalue weighted by Gasteiger charge is -2.37. The van der Waals surface area contributed by atoms with Crippen LogP contribution in [0.3, 0.4) is 0 Å². The minimum absolute atomic E-state index is 0.323. The summed E-state index contributed by atoms with van der Waals surface area (Å²) in [5.74, 6) is 0.913. The average Bonchev–Trinajstić information content (AvgIpc) is 3.29. The topological polar surface area (TPSA) is 54.2 Å². The fourth-order valence-electron chi connectivity index (χ4n) is 3.92. The van der Waals surface area contributed by atoms with Crippen molar-refractivity contribution in [1.29, 1.82) is 0 Å². The Bertz CT molecular complexity index is 1370. The van der Waals surface area contributed by atoms with Crippen molar-refractivity contribution in [3.05, 3.63) is 106 Å². The maximum Gasteiger partial charge on any atom is 0.258 e. The molecule has 0 amide bonds. The second-order valence-electron chi connectivity index (χ2n) is 7.54. The van der Waals surface area contributed by atoms with Crippen LogP contribution in [0.2, 0.25) is 10.0 Å². The quantitative estimate of drug-likeness (QED) is 0.312. The normalized spacial score (nSPS) is 16.2. The van der Waals surface area contributed by atoms with E-state index in [1.54, 1.807) is 0 Å². The lowest BCUT2D eigenvalue weighted by atomic mass is 9.94. The monoisotopic (exact) mass is 492 g/mol. The van der Waals surface area contributed by atoms with Gasteiger partial charge in [-0.15, -0.1) is 0 Å². The third-order valence-electron chi connectivity index (χ3n) is 5.42. The van der Waals surface area contributed by atoms with Crippen molar-refractivity contribution < 1.29 is 4.52 Å². The molecule has 0 radical (unpaired) electrons. The fourth-order valence-corrected chi connectivity index (χ4v) is 4.66. The van der Waals surface area contributed by atoms with Gasteiger partial charge in [0, 0.05) is 27.0 Å². The van der Waals surface area contributed by atoms with Gasteiger partial charge in [0.1, 0.15) is 0 Å². The van der Waals surface area contributed by atoms with Gasteiger partial charge in [-0.2, -0.15) is 4.98 Å². The highest BCUT2D eigenvalue weighted by atomic mass is 35.5. The van der Waals surface area contributed by atoms with Crippen molar-refractivity contribution in [2.75, 3.05) is 4.90 Å². The molecule has 0 saturated heterocycles. The zero-order valence-corrected chi connectivity index (χ0v) is 19.8. The summed E-state index contributed by atoms with van der Waals surface area (Å²) in [4.78, 5) is 6.64. The molecule has 0 bridgehead atoms. The van der Waals surface area contributed by atoms with E-state index in [9.17, 15) is 0 Å². The second kappa shape index (κ2) is 8.98. The molecule has 4 aromatic rings. The van der Waals surface area contributed by atoms with Gasteiger partial charge in [0.15, 0.2) is 5.11 Å². The van der Waals surface area contributed by atoms with E-state index in [1.165, 1.54) is 0 Å². The van der Waals surface area contributed by atoms with E-state index in [2.05, 4.69) is 10.5 Å². The van der Waals surface area contributed by atoms with Crippen LogP contribution in [0.5, 0.6) is 0 Å². The molecule has 0 saturated carbocycles. The third kappa shape index (κ3) is 4.25. The molecule has 5 nitrogen and oxygen atoms in total. The van der Waals surface area contributed by atoms with Crippen LogP contribution < -0.4 is 10.2 Å². The van der Waals surface area contributed by atoms with Gasteiger partial charge in [-0.3, -0.25) is 4.90 Å². The summed E-state index contributed by atoms with van der Waals surface area (Å²) in [6.45, 7) is 1.98. The number of rotatable bonds is 4. The molecule has 1 aliphatic heterocycles. The number of anilines is 1. The molecule has 0 aliphatic carbocycles. The number of nitrogens with zero attached hydrogens (tertiary/aromatic N) is 3. The maximum atomic E-state index is 6.30. The number of hydrogen-bond donors (Lipinski definition) is 1. The molecule has 0 fully saturated rings. The van der Waals surface area contributed by atoms with Crippen molar-refractivity contribution in [3.8, 4) is 11.4 Å². The fraction of sp³-hybridized carbons (Fsp3) is 0.0800. The Hall–Kier alpha value is -3.19. The molecule has 3 aromatic carbocycles. The second-order valence-corrected chi connectivity index (χ2v) is 8.80. The maximum absolute atomic E-state index is 6.30. The molecule has 1 aliphatic rings. The van der Waals surface area contributed by atoms with E-state index < -0.39 is 0 Å². The van der Waals surface area contributed by atoms with Gasteiger partial charge in [0.05, 0.1) is 11.6 Å². The molecule has 1 unspecified atom stereocenters. The Labute approximate surface area is 206 Å². The Morgan fingerprint density at radius 3 is 2.39 bits per heavy atom. The largest absolute Gasteiger partial charge is 0.351 e. The smallest absolute Gasteiger partial charge is 0.258 e. The summed E-state index contributed by atoms with van der Waals surface area (Å²) < 4.78 is 5.77. The highest BCUT2D eigenvalue weighted by Crippen LogP contribution is 2.40. The minimum Gasteiger partial charge on any atom is -0.351 e. The van der Waals surface area contributed by atoms with Crippen LogP contribution in [0.4, 0.5) is 5.69 Å². The first-order valence-corrected chi connectivity index (χ1v) is 11.4. The number of allylic oxidation sites excluding steroid dienone is 1. The number of thiocarbonyl (C=S) groups is 1. The molecule has 5 rings (SSSR count). The zero-order valence-electron chi connectivity index (χ0n) is 17.5. The molecule has 1 atom stereocenters. The van der Waals surface area contributed by atoms with Crippen LogP contribution in [0.15, 0.2) is 89.1 Å². The Balaban J connectivity index is 1.67. The molecule has 164 valence electrons. The van der Waals surface area contributed by atoms with Crippen molar-refractivity contribution >= 4 is 51.8 Å². The molecule has 0 spiro atoms. The van der Waals surface area contributed by atoms with Gasteiger partial charge in [0.2, 0.25) is 5.82 Å². The number of nitrogens with one attached hydrogen (secondary N) is 1. The standard InChI is InChI=1S/C25H18Cl2N4OS/c1-15-21(24-29-23(30-32-24)16-7-3-2-4-8-16)22(17-9-5-10-18(26)13-17)28-25(33)31(15)20-12-6-11-19(27)14-20/h2-14,22H,1H3,(H,28,33). The number of aromatic nitrogens is 2. The first-order valence-electron chi connectivity index (χ1n) is 10.2. The number of halogens is 2. The summed E-state index contributed by atoms with van der Waals surface area (Å²) in [7, 11) is 0. The van der Waals surface area contributed by atoms with Gasteiger partial charge in [0.25, 0.3) is 5.89 Å². The van der Waals surface area contributed by atoms with E-state index >= 15 is 0 Å². The Kier molecular flexibility index (Phi) is 5.89. The van der Waals surface area contributed by atoms with Gasteiger partial charge in [-0.25, -0.2) is 0 Å². The van der Waals surface area contributed by atoms with Crippen molar-refractivity contribution in [2.24, 2.45) is 0 Å². The van der Waals surface area contributed by atoms with Crippen LogP contribution in [-0.4, -0.2) is 15.3 Å². The SMILES string of the molecule is CC1=C(c2nc(-c3ccccc3)no2)C(c2cccc(Cl)c2)NC(=S)N1c1cccc(Cl)c1. The summed E-state index contributed by atoms with van der Waals surface area (Å²) in [6.07, 6.45) is 0. The molecule has 33 heavy (non-hydrogen) atoms. The first-order chi connectivity index (χ1) is 16.0. The lowest BCUT2D eigenvalue weighted by molar-refractivity contribution is 0.404. The summed E-state index contributed by atoms with van der Waals surface area (Å²) >= 11 is 18.3. The molecular formula is C25H18Cl2N4OS. The van der Waals surface area contributed by atoms with Crippen molar-refractivity contribution in [2.45, 2.75) is 13.0 Å². The highest BCUT2D eigenvalue weighted by molar-refractivity contribution is 7.80. The Morgan fingerprint density at radius 1 is 0.939 bits per heavy atom. The Morgan fingerprint density at radius 2 is 1.67 bits per heavy atom. The average molecular weight is 493 g/mol. The van der Waals surface area contributed by atoms with Crippen LogP contribution in [0.25, 0.3) is 17.0 Å². The van der Waals surface area contributed by atoms with Gasteiger partial charge in [-0.05, 0) is 55.0 Å². The highest BCUT2D eigenvalue weighted by Gasteiger charge is 2.35. The summed E-state index contributed by atoms with van der Waals surface area (Å²) in [5.41, 5.74) is 4.30. The van der Waals surface area contributed by atoms with Crippen LogP contribution in [-0.2, 0) is 0 Å². The first kappa shape index (κ1) is 21.6. The lowest BCUT2D eigenvalue weighted by Crippen LogP contribution is -2.46. The van der Waals surface area contributed by atoms with E-state index in [1.807, 2.05) is 90.7 Å². The minimum atomic E-state index is -0.323. The van der Waals surface area contributed by atoms with Crippen LogP contribution >= 0.6 is 35.4 Å². The van der Waals surface area contributed by atoms with Crippen LogP contribution in [0, 0.1) is 0 Å². The van der Waals surface area contributed by atoms with E-state index in [0.717, 1.165) is 28.1 Å². The molecular weight excluding hydrogens is 475 g/mol. The van der Waals surface area contributed by atoms with Gasteiger partial charge < -0.3 is 9.84 Å². The predicted octanol–water partition coefficient (Wildman–Crippen LogP) is 6.91. The van der Waals surface area contributed by atoms with Gasteiger partial charge >= 0.3 is 0 Å². The van der Waals surface area contributed by atoms with Crippen LogP contribution in [0.1, 0.15) is 24.4 Å². The molecule has 1 aromatic heterocycles. The molecule has 8 heteroatoms. The number of benzene rings is 3.